The highest BCUT2D eigenvalue weighted by atomic mass is 35.5. The second kappa shape index (κ2) is 9.95. The van der Waals surface area contributed by atoms with Gasteiger partial charge >= 0.3 is 0 Å². The van der Waals surface area contributed by atoms with Gasteiger partial charge < -0.3 is 10.1 Å². The van der Waals surface area contributed by atoms with Crippen LogP contribution >= 0.6 is 12.4 Å². The van der Waals surface area contributed by atoms with Crippen molar-refractivity contribution in [2.24, 2.45) is 5.92 Å². The van der Waals surface area contributed by atoms with E-state index in [1.54, 1.807) is 4.31 Å². The molecular weight excluding hydrogens is 300 g/mol. The van der Waals surface area contributed by atoms with Crippen molar-refractivity contribution >= 4 is 22.4 Å². The molecule has 7 heteroatoms. The maximum absolute atomic E-state index is 12.1. The summed E-state index contributed by atoms with van der Waals surface area (Å²) in [6, 6.07) is 0. The smallest absolute Gasteiger partial charge is 0.216 e. The van der Waals surface area contributed by atoms with Gasteiger partial charge in [-0.1, -0.05) is 0 Å². The van der Waals surface area contributed by atoms with E-state index < -0.39 is 10.0 Å². The zero-order chi connectivity index (χ0) is 14.3. The van der Waals surface area contributed by atoms with Gasteiger partial charge in [-0.2, -0.15) is 0 Å². The molecule has 0 spiro atoms. The van der Waals surface area contributed by atoms with Gasteiger partial charge in [-0.3, -0.25) is 0 Å². The van der Waals surface area contributed by atoms with Crippen LogP contribution in [0.25, 0.3) is 0 Å². The Bertz CT molecular complexity index is 342. The van der Waals surface area contributed by atoms with Crippen LogP contribution in [0, 0.1) is 5.92 Å². The van der Waals surface area contributed by atoms with Crippen molar-refractivity contribution in [2.45, 2.75) is 39.2 Å². The number of nitrogens with one attached hydrogen (secondary N) is 1. The van der Waals surface area contributed by atoms with Gasteiger partial charge in [-0.05, 0) is 52.6 Å². The average molecular weight is 329 g/mol. The van der Waals surface area contributed by atoms with E-state index in [1.165, 1.54) is 0 Å². The fraction of sp³-hybridized carbons (Fsp3) is 1.00. The molecule has 20 heavy (non-hydrogen) atoms. The molecule has 0 aliphatic carbocycles. The standard InChI is InChI=1S/C13H28N2O3S.ClH/c1-12(2)18-10-11-19(16,17)15-8-5-13(6-9-15)4-7-14-3;/h12-14H,4-11H2,1-3H3;1H. The number of hydrogen-bond donors (Lipinski definition) is 1. The third-order valence-corrected chi connectivity index (χ3v) is 5.40. The van der Waals surface area contributed by atoms with E-state index in [1.807, 2.05) is 20.9 Å². The lowest BCUT2D eigenvalue weighted by atomic mass is 9.95. The first-order valence-electron chi connectivity index (χ1n) is 7.19. The van der Waals surface area contributed by atoms with E-state index in [-0.39, 0.29) is 24.3 Å². The molecule has 1 fully saturated rings. The van der Waals surface area contributed by atoms with Crippen LogP contribution in [0.1, 0.15) is 33.1 Å². The highest BCUT2D eigenvalue weighted by Gasteiger charge is 2.27. The molecule has 0 aromatic rings. The lowest BCUT2D eigenvalue weighted by Crippen LogP contribution is -2.41. The van der Waals surface area contributed by atoms with Crippen molar-refractivity contribution in [1.29, 1.82) is 0 Å². The Morgan fingerprint density at radius 2 is 1.90 bits per heavy atom. The normalized spacial score (nSPS) is 18.2. The minimum absolute atomic E-state index is 0. The van der Waals surface area contributed by atoms with Gasteiger partial charge in [0.25, 0.3) is 0 Å². The molecule has 1 heterocycles. The van der Waals surface area contributed by atoms with Crippen LogP contribution in [0.15, 0.2) is 0 Å². The molecule has 0 atom stereocenters. The van der Waals surface area contributed by atoms with Gasteiger partial charge in [0, 0.05) is 13.1 Å². The quantitative estimate of drug-likeness (QED) is 0.733. The van der Waals surface area contributed by atoms with Gasteiger partial charge in [0.15, 0.2) is 0 Å². The van der Waals surface area contributed by atoms with Crippen LogP contribution in [0.3, 0.4) is 0 Å². The molecular formula is C13H29ClN2O3S. The minimum Gasteiger partial charge on any atom is -0.378 e. The van der Waals surface area contributed by atoms with Gasteiger partial charge in [0.2, 0.25) is 10.0 Å². The highest BCUT2D eigenvalue weighted by molar-refractivity contribution is 7.89. The van der Waals surface area contributed by atoms with Crippen molar-refractivity contribution in [3.05, 3.63) is 0 Å². The fourth-order valence-corrected chi connectivity index (χ4v) is 3.68. The molecule has 0 aromatic heterocycles. The molecule has 0 radical (unpaired) electrons. The highest BCUT2D eigenvalue weighted by Crippen LogP contribution is 2.22. The molecule has 0 amide bonds. The summed E-state index contributed by atoms with van der Waals surface area (Å²) in [6.45, 7) is 6.47. The summed E-state index contributed by atoms with van der Waals surface area (Å²) >= 11 is 0. The molecule has 0 saturated carbocycles. The molecule has 122 valence electrons. The van der Waals surface area contributed by atoms with Gasteiger partial charge in [-0.25, -0.2) is 12.7 Å². The fourth-order valence-electron chi connectivity index (χ4n) is 2.34. The van der Waals surface area contributed by atoms with Crippen molar-refractivity contribution in [1.82, 2.24) is 9.62 Å². The summed E-state index contributed by atoms with van der Waals surface area (Å²) in [4.78, 5) is 0. The lowest BCUT2D eigenvalue weighted by Gasteiger charge is -2.31. The van der Waals surface area contributed by atoms with Crippen LogP contribution in [-0.4, -0.2) is 57.9 Å². The van der Waals surface area contributed by atoms with Crippen molar-refractivity contribution in [2.75, 3.05) is 39.0 Å². The number of halogens is 1. The Balaban J connectivity index is 0.00000361. The summed E-state index contributed by atoms with van der Waals surface area (Å²) in [5, 5.41) is 3.15. The van der Waals surface area contributed by atoms with Crippen LogP contribution in [0.5, 0.6) is 0 Å². The SMILES string of the molecule is CNCCC1CCN(S(=O)(=O)CCOC(C)C)CC1.Cl. The Morgan fingerprint density at radius 3 is 2.40 bits per heavy atom. The first-order valence-corrected chi connectivity index (χ1v) is 8.80. The van der Waals surface area contributed by atoms with Crippen molar-refractivity contribution in [3.8, 4) is 0 Å². The molecule has 1 aliphatic rings. The van der Waals surface area contributed by atoms with Gasteiger partial charge in [0.05, 0.1) is 18.5 Å². The number of nitrogens with zero attached hydrogens (tertiary/aromatic N) is 1. The average Bonchev–Trinajstić information content (AvgIpc) is 2.36. The third kappa shape index (κ3) is 7.22. The molecule has 1 aliphatic heterocycles. The summed E-state index contributed by atoms with van der Waals surface area (Å²) in [6.07, 6.45) is 3.18. The molecule has 0 bridgehead atoms. The Hall–Kier alpha value is 0.120. The largest absolute Gasteiger partial charge is 0.378 e. The summed E-state index contributed by atoms with van der Waals surface area (Å²) in [5.74, 6) is 0.762. The van der Waals surface area contributed by atoms with Crippen LogP contribution in [0.4, 0.5) is 0 Å². The number of hydrogen-bond acceptors (Lipinski definition) is 4. The van der Waals surface area contributed by atoms with Crippen LogP contribution in [0.2, 0.25) is 0 Å². The molecule has 5 nitrogen and oxygen atoms in total. The van der Waals surface area contributed by atoms with Crippen LogP contribution < -0.4 is 5.32 Å². The Morgan fingerprint density at radius 1 is 1.30 bits per heavy atom. The zero-order valence-electron chi connectivity index (χ0n) is 12.8. The molecule has 0 aromatic carbocycles. The second-order valence-electron chi connectivity index (χ2n) is 5.47. The van der Waals surface area contributed by atoms with Crippen molar-refractivity contribution < 1.29 is 13.2 Å². The zero-order valence-corrected chi connectivity index (χ0v) is 14.4. The summed E-state index contributed by atoms with van der Waals surface area (Å²) in [7, 11) is -1.18. The predicted octanol–water partition coefficient (Wildman–Crippen LogP) is 1.48. The number of ether oxygens (including phenoxy) is 1. The van der Waals surface area contributed by atoms with E-state index in [0.717, 1.165) is 25.8 Å². The first kappa shape index (κ1) is 20.1. The molecule has 1 saturated heterocycles. The van der Waals surface area contributed by atoms with E-state index >= 15 is 0 Å². The van der Waals surface area contributed by atoms with Gasteiger partial charge in [0.1, 0.15) is 0 Å². The molecule has 1 N–H and O–H groups in total. The molecule has 1 rings (SSSR count). The van der Waals surface area contributed by atoms with E-state index in [2.05, 4.69) is 5.32 Å². The topological polar surface area (TPSA) is 58.6 Å². The van der Waals surface area contributed by atoms with Crippen molar-refractivity contribution in [3.63, 3.8) is 0 Å². The number of piperidine rings is 1. The predicted molar refractivity (Wildman–Crippen MR) is 85.0 cm³/mol. The van der Waals surface area contributed by atoms with E-state index in [0.29, 0.717) is 25.6 Å². The third-order valence-electron chi connectivity index (χ3n) is 3.56. The Labute approximate surface area is 129 Å². The second-order valence-corrected chi connectivity index (χ2v) is 7.56. The maximum atomic E-state index is 12.1. The number of rotatable bonds is 8. The molecule has 0 unspecified atom stereocenters. The summed E-state index contributed by atoms with van der Waals surface area (Å²) in [5.41, 5.74) is 0. The minimum atomic E-state index is -3.13. The van der Waals surface area contributed by atoms with Crippen LogP contribution in [-0.2, 0) is 14.8 Å². The Kier molecular flexibility index (Phi) is 10.0. The monoisotopic (exact) mass is 328 g/mol. The van der Waals surface area contributed by atoms with E-state index in [9.17, 15) is 8.42 Å². The number of sulfonamides is 1. The summed E-state index contributed by atoms with van der Waals surface area (Å²) < 4.78 is 31.2. The maximum Gasteiger partial charge on any atom is 0.216 e. The first-order chi connectivity index (χ1) is 8.95. The lowest BCUT2D eigenvalue weighted by molar-refractivity contribution is 0.0904. The van der Waals surface area contributed by atoms with E-state index in [4.69, 9.17) is 4.74 Å². The van der Waals surface area contributed by atoms with Gasteiger partial charge in [-0.15, -0.1) is 12.4 Å².